The minimum Gasteiger partial charge on any atom is -0.392 e. The van der Waals surface area contributed by atoms with Crippen molar-refractivity contribution in [3.8, 4) is 17.5 Å². The van der Waals surface area contributed by atoms with Crippen LogP contribution in [0, 0.1) is 17.1 Å². The molecule has 1 aromatic heterocycles. The van der Waals surface area contributed by atoms with E-state index in [0.29, 0.717) is 5.56 Å². The predicted octanol–water partition coefficient (Wildman–Crippen LogP) is 2.35. The van der Waals surface area contributed by atoms with Crippen molar-refractivity contribution in [2.24, 2.45) is 0 Å². The van der Waals surface area contributed by atoms with Crippen LogP contribution in [0.15, 0.2) is 22.7 Å². The van der Waals surface area contributed by atoms with Crippen molar-refractivity contribution in [3.05, 3.63) is 34.9 Å². The van der Waals surface area contributed by atoms with Gasteiger partial charge in [0.1, 0.15) is 5.82 Å². The molecule has 0 bridgehead atoms. The highest BCUT2D eigenvalue weighted by Gasteiger charge is 2.14. The molecule has 0 saturated heterocycles. The number of aliphatic hydroxyl groups is 1. The highest BCUT2D eigenvalue weighted by atomic mass is 35.5. The molecule has 0 radical (unpaired) electrons. The second-order valence-corrected chi connectivity index (χ2v) is 4.27. The van der Waals surface area contributed by atoms with Gasteiger partial charge in [-0.15, -0.1) is 0 Å². The average Bonchev–Trinajstić information content (AvgIpc) is 2.81. The van der Waals surface area contributed by atoms with E-state index in [9.17, 15) is 9.50 Å². The average molecular weight is 282 g/mol. The summed E-state index contributed by atoms with van der Waals surface area (Å²) < 4.78 is 18.0. The molecule has 0 amide bonds. The molecule has 0 spiro atoms. The third-order valence-electron chi connectivity index (χ3n) is 2.38. The zero-order chi connectivity index (χ0) is 13.8. The molecule has 1 atom stereocenters. The van der Waals surface area contributed by atoms with Crippen LogP contribution in [0.25, 0.3) is 11.4 Å². The van der Waals surface area contributed by atoms with Crippen LogP contribution in [-0.2, 0) is 6.42 Å². The van der Waals surface area contributed by atoms with Crippen molar-refractivity contribution in [2.75, 3.05) is 0 Å². The summed E-state index contributed by atoms with van der Waals surface area (Å²) in [5.74, 6) is -0.0715. The Balaban J connectivity index is 2.16. The lowest BCUT2D eigenvalue weighted by Gasteiger charge is -1.99. The maximum atomic E-state index is 13.0. The Kier molecular flexibility index (Phi) is 4.10. The van der Waals surface area contributed by atoms with E-state index >= 15 is 0 Å². The molecule has 0 aliphatic carbocycles. The van der Waals surface area contributed by atoms with Crippen molar-refractivity contribution in [2.45, 2.75) is 18.9 Å². The van der Waals surface area contributed by atoms with E-state index in [1.807, 2.05) is 6.07 Å². The van der Waals surface area contributed by atoms with Gasteiger partial charge in [0.2, 0.25) is 11.7 Å². The molecule has 2 aromatic rings. The summed E-state index contributed by atoms with van der Waals surface area (Å²) in [7, 11) is 0. The summed E-state index contributed by atoms with van der Waals surface area (Å²) in [5, 5.41) is 21.5. The van der Waals surface area contributed by atoms with E-state index in [4.69, 9.17) is 21.4 Å². The van der Waals surface area contributed by atoms with E-state index in [1.54, 1.807) is 0 Å². The maximum Gasteiger partial charge on any atom is 0.229 e. The zero-order valence-corrected chi connectivity index (χ0v) is 10.4. The van der Waals surface area contributed by atoms with E-state index < -0.39 is 11.9 Å². The molecule has 19 heavy (non-hydrogen) atoms. The van der Waals surface area contributed by atoms with Gasteiger partial charge in [0.25, 0.3) is 0 Å². The first-order valence-corrected chi connectivity index (χ1v) is 5.81. The number of nitriles is 1. The largest absolute Gasteiger partial charge is 0.392 e. The van der Waals surface area contributed by atoms with Crippen LogP contribution >= 0.6 is 11.6 Å². The fraction of sp³-hybridized carbons (Fsp3) is 0.250. The normalized spacial score (nSPS) is 12.1. The molecule has 0 aliphatic heterocycles. The third-order valence-corrected chi connectivity index (χ3v) is 2.67. The van der Waals surface area contributed by atoms with Gasteiger partial charge in [0, 0.05) is 5.56 Å². The zero-order valence-electron chi connectivity index (χ0n) is 9.68. The molecular formula is C12H9ClFN3O2. The Hall–Kier alpha value is -1.97. The highest BCUT2D eigenvalue weighted by molar-refractivity contribution is 6.31. The first-order chi connectivity index (χ1) is 9.10. The predicted molar refractivity (Wildman–Crippen MR) is 64.6 cm³/mol. The lowest BCUT2D eigenvalue weighted by Crippen LogP contribution is -2.09. The lowest BCUT2D eigenvalue weighted by atomic mass is 10.2. The first kappa shape index (κ1) is 13.5. The Morgan fingerprint density at radius 2 is 2.32 bits per heavy atom. The molecule has 1 unspecified atom stereocenters. The number of halogens is 2. The summed E-state index contributed by atoms with van der Waals surface area (Å²) in [6.07, 6.45) is -0.773. The van der Waals surface area contributed by atoms with Crippen LogP contribution in [-0.4, -0.2) is 21.4 Å². The van der Waals surface area contributed by atoms with Gasteiger partial charge in [-0.2, -0.15) is 10.2 Å². The number of hydrogen-bond acceptors (Lipinski definition) is 5. The summed E-state index contributed by atoms with van der Waals surface area (Å²) in [6.45, 7) is 0. The molecule has 1 heterocycles. The summed E-state index contributed by atoms with van der Waals surface area (Å²) in [4.78, 5) is 4.05. The topological polar surface area (TPSA) is 82.9 Å². The van der Waals surface area contributed by atoms with E-state index in [0.717, 1.165) is 0 Å². The molecule has 5 nitrogen and oxygen atoms in total. The van der Waals surface area contributed by atoms with Gasteiger partial charge in [0.15, 0.2) is 0 Å². The van der Waals surface area contributed by atoms with Gasteiger partial charge in [-0.3, -0.25) is 0 Å². The minimum atomic E-state index is -0.852. The Labute approximate surface area is 113 Å². The van der Waals surface area contributed by atoms with Gasteiger partial charge in [-0.1, -0.05) is 16.8 Å². The van der Waals surface area contributed by atoms with Crippen LogP contribution in [0.4, 0.5) is 4.39 Å². The fourth-order valence-electron chi connectivity index (χ4n) is 1.47. The molecule has 0 saturated carbocycles. The second-order valence-electron chi connectivity index (χ2n) is 3.86. The molecular weight excluding hydrogens is 273 g/mol. The molecule has 0 aliphatic rings. The van der Waals surface area contributed by atoms with Crippen LogP contribution in [0.2, 0.25) is 5.02 Å². The Morgan fingerprint density at radius 3 is 3.00 bits per heavy atom. The van der Waals surface area contributed by atoms with Gasteiger partial charge in [-0.25, -0.2) is 4.39 Å². The van der Waals surface area contributed by atoms with Crippen molar-refractivity contribution in [1.29, 1.82) is 5.26 Å². The number of benzene rings is 1. The third kappa shape index (κ3) is 3.28. The number of aliphatic hydroxyl groups excluding tert-OH is 1. The maximum absolute atomic E-state index is 13.0. The van der Waals surface area contributed by atoms with Crippen molar-refractivity contribution in [3.63, 3.8) is 0 Å². The number of hydrogen-bond donors (Lipinski definition) is 1. The van der Waals surface area contributed by atoms with E-state index in [-0.39, 0.29) is 29.6 Å². The minimum absolute atomic E-state index is 0.0138. The smallest absolute Gasteiger partial charge is 0.229 e. The summed E-state index contributed by atoms with van der Waals surface area (Å²) in [5.41, 5.74) is 0.510. The van der Waals surface area contributed by atoms with Gasteiger partial charge < -0.3 is 9.63 Å². The van der Waals surface area contributed by atoms with Crippen LogP contribution in [0.3, 0.4) is 0 Å². The number of aromatic nitrogens is 2. The number of nitrogens with zero attached hydrogens (tertiary/aromatic N) is 3. The van der Waals surface area contributed by atoms with E-state index in [1.165, 1.54) is 18.2 Å². The fourth-order valence-corrected chi connectivity index (χ4v) is 1.65. The monoisotopic (exact) mass is 281 g/mol. The molecule has 1 aromatic carbocycles. The first-order valence-electron chi connectivity index (χ1n) is 5.43. The van der Waals surface area contributed by atoms with Gasteiger partial charge in [-0.05, 0) is 18.2 Å². The van der Waals surface area contributed by atoms with Crippen LogP contribution in [0.5, 0.6) is 0 Å². The van der Waals surface area contributed by atoms with Gasteiger partial charge >= 0.3 is 0 Å². The van der Waals surface area contributed by atoms with Gasteiger partial charge in [0.05, 0.1) is 30.0 Å². The molecule has 98 valence electrons. The summed E-state index contributed by atoms with van der Waals surface area (Å²) >= 11 is 5.66. The van der Waals surface area contributed by atoms with Crippen LogP contribution < -0.4 is 0 Å². The number of rotatable bonds is 4. The van der Waals surface area contributed by atoms with Crippen molar-refractivity contribution >= 4 is 11.6 Å². The van der Waals surface area contributed by atoms with Crippen LogP contribution in [0.1, 0.15) is 12.3 Å². The quantitative estimate of drug-likeness (QED) is 0.930. The molecule has 1 N–H and O–H groups in total. The highest BCUT2D eigenvalue weighted by Crippen LogP contribution is 2.23. The molecule has 0 fully saturated rings. The molecule has 7 heteroatoms. The Morgan fingerprint density at radius 1 is 1.53 bits per heavy atom. The second kappa shape index (κ2) is 5.78. The Bertz CT molecular complexity index is 624. The standard InChI is InChI=1S/C12H9ClFN3O2/c13-9-5-7(1-2-10(9)14)12-16-11(19-17-12)6-8(18)3-4-15/h1-2,5,8,18H,3,6H2. The molecule has 2 rings (SSSR count). The lowest BCUT2D eigenvalue weighted by molar-refractivity contribution is 0.167. The van der Waals surface area contributed by atoms with Crippen molar-refractivity contribution < 1.29 is 14.0 Å². The SMILES string of the molecule is N#CCC(O)Cc1nc(-c2ccc(F)c(Cl)c2)no1. The van der Waals surface area contributed by atoms with Crippen molar-refractivity contribution in [1.82, 2.24) is 10.1 Å². The summed E-state index contributed by atoms with van der Waals surface area (Å²) in [6, 6.07) is 5.91. The van der Waals surface area contributed by atoms with E-state index in [2.05, 4.69) is 10.1 Å².